The molecule has 0 radical (unpaired) electrons. The summed E-state index contributed by atoms with van der Waals surface area (Å²) in [5.74, 6) is -12.0. The van der Waals surface area contributed by atoms with Crippen LogP contribution in [0.4, 0.5) is 0 Å². The predicted molar refractivity (Wildman–Crippen MR) is 299 cm³/mol. The lowest BCUT2D eigenvalue weighted by molar-refractivity contribution is -0.164. The van der Waals surface area contributed by atoms with Crippen LogP contribution in [-0.4, -0.2) is 152 Å². The zero-order valence-corrected chi connectivity index (χ0v) is 50.1. The van der Waals surface area contributed by atoms with Crippen molar-refractivity contribution in [1.82, 2.24) is 16.0 Å². The lowest BCUT2D eigenvalue weighted by atomic mass is 9.80. The molecule has 1 heterocycles. The minimum atomic E-state index is -1.47. The Kier molecular flexibility index (Phi) is 34.5. The van der Waals surface area contributed by atoms with Crippen LogP contribution in [0, 0.1) is 23.7 Å². The van der Waals surface area contributed by atoms with Gasteiger partial charge in [-0.3, -0.25) is 38.4 Å². The standard InChI is InChI=1S/C19H35BN2O6.C13H22N2O4.C13H21NO5.C7H15BN2O5/c1-12(23)22-14(16(25)26-17(2,3)4)13(15(21)24)10-9-11-20-27-18(5,6)19(7,8)28-20;1-6-7-9(11(14)17)10(15-8(2)16)12(18)19-13(3,4)5;1-6-7-9(11(16)17)10(14-8(2)15)12(18)19-13(3,4)5;9-5(7(12)13)4(6(10)11)2-1-3-8(14)15/h13-14H,9-11H2,1-8H3,(H2,21,24)(H,22,23);6,9-10H,1,7H2,2-5H3,(H2,14,17)(H,15,16);6,9-10H,1,7H2,2-5H3,(H,14,15)(H,16,17);4-5,14-15H,1-3,9H2,(H2,10,11)(H,12,13)/t13-,14-;9-,10-;9?,10-;4-,5-/m0000/s1. The van der Waals surface area contributed by atoms with E-state index in [9.17, 15) is 52.7 Å². The van der Waals surface area contributed by atoms with Gasteiger partial charge in [0.15, 0.2) is 0 Å². The number of esters is 3. The van der Waals surface area contributed by atoms with E-state index in [1.165, 1.54) is 32.9 Å². The van der Waals surface area contributed by atoms with Crippen LogP contribution >= 0.6 is 0 Å². The Labute approximate surface area is 476 Å². The fourth-order valence-corrected chi connectivity index (χ4v) is 7.13. The van der Waals surface area contributed by atoms with E-state index in [2.05, 4.69) is 29.1 Å². The van der Waals surface area contributed by atoms with Crippen LogP contribution in [0.15, 0.2) is 25.3 Å². The maximum absolute atomic E-state index is 12.5. The molecule has 29 heteroatoms. The molecule has 1 aliphatic heterocycles. The molecular weight excluding hydrogens is 1060 g/mol. The van der Waals surface area contributed by atoms with Crippen molar-refractivity contribution < 1.29 is 96.5 Å². The highest BCUT2D eigenvalue weighted by atomic mass is 16.7. The summed E-state index contributed by atoms with van der Waals surface area (Å²) in [7, 11) is -1.88. The predicted octanol–water partition coefficient (Wildman–Crippen LogP) is 1.18. The summed E-state index contributed by atoms with van der Waals surface area (Å²) in [4.78, 5) is 126. The van der Waals surface area contributed by atoms with Crippen molar-refractivity contribution in [1.29, 1.82) is 0 Å². The monoisotopic (exact) mass is 1160 g/mol. The van der Waals surface area contributed by atoms with Crippen LogP contribution in [0.2, 0.25) is 12.6 Å². The molecule has 0 aromatic heterocycles. The number of carbonyl (C=O) groups is 11. The first-order chi connectivity index (χ1) is 36.6. The lowest BCUT2D eigenvalue weighted by Gasteiger charge is -2.32. The average molecular weight is 1160 g/mol. The van der Waals surface area contributed by atoms with E-state index in [0.29, 0.717) is 19.2 Å². The van der Waals surface area contributed by atoms with E-state index >= 15 is 0 Å². The normalized spacial score (nSPS) is 16.3. The van der Waals surface area contributed by atoms with Crippen molar-refractivity contribution in [3.8, 4) is 0 Å². The molecular formula is C52H93B2N7O20. The van der Waals surface area contributed by atoms with Gasteiger partial charge in [-0.25, -0.2) is 14.4 Å². The third-order valence-corrected chi connectivity index (χ3v) is 11.5. The number of nitrogens with one attached hydrogen (secondary N) is 3. The summed E-state index contributed by atoms with van der Waals surface area (Å²) in [6, 6.07) is -4.81. The Hall–Kier alpha value is -6.42. The third-order valence-electron chi connectivity index (χ3n) is 11.5. The van der Waals surface area contributed by atoms with E-state index in [1.54, 1.807) is 62.3 Å². The molecule has 15 N–H and O–H groups in total. The van der Waals surface area contributed by atoms with Crippen molar-refractivity contribution >= 4 is 79.5 Å². The molecule has 0 bridgehead atoms. The first kappa shape index (κ1) is 78.8. The van der Waals surface area contributed by atoms with Crippen LogP contribution in [0.5, 0.6) is 0 Å². The maximum atomic E-state index is 12.5. The minimum Gasteiger partial charge on any atom is -0.481 e. The summed E-state index contributed by atoms with van der Waals surface area (Å²) in [5, 5.41) is 42.0. The molecule has 6 amide bonds. The Morgan fingerprint density at radius 3 is 1.14 bits per heavy atom. The fourth-order valence-electron chi connectivity index (χ4n) is 7.13. The van der Waals surface area contributed by atoms with Gasteiger partial charge in [-0.05, 0) is 128 Å². The van der Waals surface area contributed by atoms with Gasteiger partial charge in [0.25, 0.3) is 0 Å². The number of amides is 6. The smallest absolute Gasteiger partial charge is 0.457 e. The van der Waals surface area contributed by atoms with Crippen molar-refractivity contribution in [2.24, 2.45) is 46.6 Å². The summed E-state index contributed by atoms with van der Waals surface area (Å²) < 4.78 is 27.6. The van der Waals surface area contributed by atoms with Crippen LogP contribution in [0.1, 0.15) is 149 Å². The second-order valence-electron chi connectivity index (χ2n) is 23.0. The molecule has 0 aromatic carbocycles. The molecule has 0 aliphatic carbocycles. The summed E-state index contributed by atoms with van der Waals surface area (Å²) in [6.45, 7) is 33.8. The number of rotatable bonds is 27. The summed E-state index contributed by atoms with van der Waals surface area (Å²) in [5.41, 5.74) is 17.9. The van der Waals surface area contributed by atoms with Gasteiger partial charge >= 0.3 is 44.1 Å². The van der Waals surface area contributed by atoms with E-state index in [4.69, 9.17) is 66.7 Å². The molecule has 8 atom stereocenters. The van der Waals surface area contributed by atoms with Crippen LogP contribution in [-0.2, 0) is 76.3 Å². The average Bonchev–Trinajstić information content (AvgIpc) is 3.47. The number of allylic oxidation sites excluding steroid dienone is 2. The van der Waals surface area contributed by atoms with Gasteiger partial charge in [-0.15, -0.1) is 13.2 Å². The van der Waals surface area contributed by atoms with Gasteiger partial charge in [0, 0.05) is 20.8 Å². The highest BCUT2D eigenvalue weighted by Gasteiger charge is 2.51. The number of primary amides is 3. The van der Waals surface area contributed by atoms with Crippen LogP contribution in [0.3, 0.4) is 0 Å². The number of hydrogen-bond acceptors (Lipinski definition) is 19. The van der Waals surface area contributed by atoms with Gasteiger partial charge in [0.2, 0.25) is 35.4 Å². The topological polar surface area (TPSA) is 455 Å². The number of nitrogens with two attached hydrogens (primary N) is 4. The SMILES string of the molecule is C=CCC(C(=O)O)[C@H](NC(C)=O)C(=O)OC(C)(C)C.C=CC[C@H](C(N)=O)[C@H](NC(C)=O)C(=O)OC(C)(C)C.CC(=O)N[C@H](C(=O)OC(C)(C)C)[C@H](CCCB1OC(C)(C)C(C)(C)O1)C(N)=O.NC(=O)[C@@H](CCCB(O)O)[C@H](N)C(=O)O. The van der Waals surface area contributed by atoms with E-state index in [0.717, 1.165) is 0 Å². The molecule has 0 saturated carbocycles. The number of aliphatic carboxylic acids is 2. The zero-order chi connectivity index (χ0) is 64.4. The second kappa shape index (κ2) is 35.4. The second-order valence-corrected chi connectivity index (χ2v) is 23.0. The Morgan fingerprint density at radius 1 is 0.556 bits per heavy atom. The molecule has 1 fully saturated rings. The number of carboxylic acid groups (broad SMARTS) is 2. The van der Waals surface area contributed by atoms with Crippen LogP contribution in [0.25, 0.3) is 0 Å². The van der Waals surface area contributed by atoms with Crippen molar-refractivity contribution in [2.75, 3.05) is 0 Å². The van der Waals surface area contributed by atoms with Crippen molar-refractivity contribution in [3.05, 3.63) is 25.3 Å². The summed E-state index contributed by atoms with van der Waals surface area (Å²) >= 11 is 0. The number of carbonyl (C=O) groups excluding carboxylic acids is 9. The van der Waals surface area contributed by atoms with Gasteiger partial charge in [0.05, 0.1) is 34.9 Å². The molecule has 0 aromatic rings. The Bertz CT molecular complexity index is 2070. The fraction of sp³-hybridized carbons (Fsp3) is 0.712. The molecule has 27 nitrogen and oxygen atoms in total. The minimum absolute atomic E-state index is 0.0517. The molecule has 0 spiro atoms. The first-order valence-corrected chi connectivity index (χ1v) is 26.1. The number of ether oxygens (including phenoxy) is 3. The van der Waals surface area contributed by atoms with Gasteiger partial charge in [0.1, 0.15) is 41.0 Å². The number of carboxylic acids is 2. The van der Waals surface area contributed by atoms with E-state index in [1.807, 2.05) is 27.7 Å². The maximum Gasteiger partial charge on any atom is 0.457 e. The van der Waals surface area contributed by atoms with E-state index in [-0.39, 0.29) is 32.0 Å². The van der Waals surface area contributed by atoms with E-state index < -0.39 is 155 Å². The van der Waals surface area contributed by atoms with Gasteiger partial charge < -0.3 is 82.7 Å². The number of hydrogen-bond donors (Lipinski definition) is 11. The molecule has 81 heavy (non-hydrogen) atoms. The molecule has 1 aliphatic rings. The molecule has 1 saturated heterocycles. The molecule has 1 unspecified atom stereocenters. The van der Waals surface area contributed by atoms with Crippen LogP contribution < -0.4 is 38.9 Å². The van der Waals surface area contributed by atoms with Gasteiger partial charge in [-0.1, -0.05) is 25.0 Å². The third kappa shape index (κ3) is 33.8. The van der Waals surface area contributed by atoms with Crippen molar-refractivity contribution in [3.63, 3.8) is 0 Å². The quantitative estimate of drug-likeness (QED) is 0.0238. The first-order valence-electron chi connectivity index (χ1n) is 26.1. The largest absolute Gasteiger partial charge is 0.481 e. The molecule has 462 valence electrons. The van der Waals surface area contributed by atoms with Crippen molar-refractivity contribution in [2.45, 2.75) is 214 Å². The van der Waals surface area contributed by atoms with Gasteiger partial charge in [-0.2, -0.15) is 0 Å². The lowest BCUT2D eigenvalue weighted by Crippen LogP contribution is -2.51. The molecule has 1 rings (SSSR count). The Morgan fingerprint density at radius 2 is 0.864 bits per heavy atom. The summed E-state index contributed by atoms with van der Waals surface area (Å²) in [6.07, 6.45) is 4.90. The Balaban J connectivity index is -0.00000103. The highest BCUT2D eigenvalue weighted by molar-refractivity contribution is 6.45. The highest BCUT2D eigenvalue weighted by Crippen LogP contribution is 2.38. The zero-order valence-electron chi connectivity index (χ0n) is 50.1.